The summed E-state index contributed by atoms with van der Waals surface area (Å²) in [6.45, 7) is 1.83. The van der Waals surface area contributed by atoms with Gasteiger partial charge in [0.25, 0.3) is 0 Å². The Labute approximate surface area is 123 Å². The van der Waals surface area contributed by atoms with E-state index >= 15 is 0 Å². The molecule has 0 saturated heterocycles. The Kier molecular flexibility index (Phi) is 3.06. The molecular weight excluding hydrogens is 322 g/mol. The number of rotatable bonds is 2. The molecule has 3 rings (SSSR count). The molecule has 0 bridgehead atoms. The number of carboxylic acid groups (broad SMARTS) is 1. The minimum absolute atomic E-state index is 0.214. The Morgan fingerprint density at radius 3 is 2.70 bits per heavy atom. The number of benzene rings is 1. The van der Waals surface area contributed by atoms with Crippen LogP contribution in [-0.4, -0.2) is 16.1 Å². The minimum Gasteiger partial charge on any atom is -0.478 e. The molecule has 2 heterocycles. The maximum absolute atomic E-state index is 11.4. The second-order valence-corrected chi connectivity index (χ2v) is 5.35. The lowest BCUT2D eigenvalue weighted by Gasteiger charge is -2.05. The van der Waals surface area contributed by atoms with Crippen LogP contribution in [0.2, 0.25) is 0 Å². The molecule has 0 fully saturated rings. The van der Waals surface area contributed by atoms with Crippen LogP contribution in [0.5, 0.6) is 0 Å². The van der Waals surface area contributed by atoms with E-state index in [9.17, 15) is 9.90 Å². The van der Waals surface area contributed by atoms with Gasteiger partial charge in [-0.3, -0.25) is 0 Å². The lowest BCUT2D eigenvalue weighted by molar-refractivity contribution is 0.0699. The van der Waals surface area contributed by atoms with E-state index in [1.165, 1.54) is 6.07 Å². The monoisotopic (exact) mass is 331 g/mol. The number of pyridine rings is 1. The van der Waals surface area contributed by atoms with E-state index in [4.69, 9.17) is 4.42 Å². The molecule has 5 heteroatoms. The number of aryl methyl sites for hydroxylation is 1. The number of carboxylic acids is 1. The summed E-state index contributed by atoms with van der Waals surface area (Å²) in [5.41, 5.74) is 1.34. The fraction of sp³-hybridized carbons (Fsp3) is 0.0667. The van der Waals surface area contributed by atoms with Gasteiger partial charge < -0.3 is 9.52 Å². The molecule has 3 aromatic rings. The van der Waals surface area contributed by atoms with Gasteiger partial charge in [-0.05, 0) is 37.3 Å². The topological polar surface area (TPSA) is 63.3 Å². The molecule has 2 aromatic heterocycles. The standard InChI is InChI=1S/C15H10BrNO3/c1-8-2-5-14(20-8)13-7-11(15(18)19)10-4-3-9(16)6-12(10)17-13/h2-7H,1H3,(H,18,19). The molecule has 1 aromatic carbocycles. The number of aromatic nitrogens is 1. The van der Waals surface area contributed by atoms with Gasteiger partial charge in [-0.1, -0.05) is 22.0 Å². The zero-order chi connectivity index (χ0) is 14.3. The smallest absolute Gasteiger partial charge is 0.336 e. The predicted octanol–water partition coefficient (Wildman–Crippen LogP) is 4.26. The first-order valence-electron chi connectivity index (χ1n) is 5.95. The maximum Gasteiger partial charge on any atom is 0.336 e. The van der Waals surface area contributed by atoms with Crippen LogP contribution >= 0.6 is 15.9 Å². The van der Waals surface area contributed by atoms with Gasteiger partial charge in [-0.15, -0.1) is 0 Å². The van der Waals surface area contributed by atoms with E-state index in [1.54, 1.807) is 24.3 Å². The molecule has 0 spiro atoms. The van der Waals surface area contributed by atoms with Crippen molar-refractivity contribution < 1.29 is 14.3 Å². The zero-order valence-corrected chi connectivity index (χ0v) is 12.1. The van der Waals surface area contributed by atoms with Crippen molar-refractivity contribution in [2.75, 3.05) is 0 Å². The first-order chi connectivity index (χ1) is 9.54. The van der Waals surface area contributed by atoms with Crippen molar-refractivity contribution in [1.82, 2.24) is 4.98 Å². The van der Waals surface area contributed by atoms with Gasteiger partial charge in [-0.2, -0.15) is 0 Å². The van der Waals surface area contributed by atoms with Gasteiger partial charge in [0.1, 0.15) is 11.5 Å². The summed E-state index contributed by atoms with van der Waals surface area (Å²) in [5, 5.41) is 9.96. The van der Waals surface area contributed by atoms with Crippen LogP contribution in [0.1, 0.15) is 16.1 Å². The summed E-state index contributed by atoms with van der Waals surface area (Å²) < 4.78 is 6.37. The summed E-state index contributed by atoms with van der Waals surface area (Å²) >= 11 is 3.37. The SMILES string of the molecule is Cc1ccc(-c2cc(C(=O)O)c3ccc(Br)cc3n2)o1. The predicted molar refractivity (Wildman–Crippen MR) is 78.8 cm³/mol. The van der Waals surface area contributed by atoms with E-state index in [0.717, 1.165) is 10.2 Å². The third-order valence-electron chi connectivity index (χ3n) is 3.00. The van der Waals surface area contributed by atoms with Crippen molar-refractivity contribution in [2.45, 2.75) is 6.92 Å². The zero-order valence-electron chi connectivity index (χ0n) is 10.6. The van der Waals surface area contributed by atoms with Crippen LogP contribution in [-0.2, 0) is 0 Å². The number of halogens is 1. The molecule has 0 amide bonds. The number of fused-ring (bicyclic) bond motifs is 1. The average molecular weight is 332 g/mol. The van der Waals surface area contributed by atoms with Crippen molar-refractivity contribution >= 4 is 32.8 Å². The fourth-order valence-electron chi connectivity index (χ4n) is 2.08. The molecule has 1 N–H and O–H groups in total. The van der Waals surface area contributed by atoms with E-state index in [-0.39, 0.29) is 5.56 Å². The number of hydrogen-bond donors (Lipinski definition) is 1. The molecule has 0 aliphatic rings. The molecular formula is C15H10BrNO3. The van der Waals surface area contributed by atoms with Gasteiger partial charge in [0, 0.05) is 9.86 Å². The van der Waals surface area contributed by atoms with Crippen LogP contribution in [0.15, 0.2) is 45.3 Å². The molecule has 0 unspecified atom stereocenters. The summed E-state index contributed by atoms with van der Waals surface area (Å²) in [7, 11) is 0. The fourth-order valence-corrected chi connectivity index (χ4v) is 2.43. The van der Waals surface area contributed by atoms with Crippen molar-refractivity contribution in [3.05, 3.63) is 52.2 Å². The lowest BCUT2D eigenvalue weighted by Crippen LogP contribution is -2.00. The number of nitrogens with zero attached hydrogens (tertiary/aromatic N) is 1. The highest BCUT2D eigenvalue weighted by Gasteiger charge is 2.14. The minimum atomic E-state index is -0.982. The van der Waals surface area contributed by atoms with Gasteiger partial charge in [-0.25, -0.2) is 9.78 Å². The maximum atomic E-state index is 11.4. The van der Waals surface area contributed by atoms with Crippen LogP contribution in [0.3, 0.4) is 0 Å². The highest BCUT2D eigenvalue weighted by atomic mass is 79.9. The van der Waals surface area contributed by atoms with E-state index in [1.807, 2.05) is 13.0 Å². The molecule has 20 heavy (non-hydrogen) atoms. The molecule has 100 valence electrons. The van der Waals surface area contributed by atoms with Gasteiger partial charge in [0.2, 0.25) is 0 Å². The molecule has 0 aliphatic carbocycles. The molecule has 0 atom stereocenters. The first kappa shape index (κ1) is 12.9. The highest BCUT2D eigenvalue weighted by Crippen LogP contribution is 2.27. The molecule has 0 aliphatic heterocycles. The van der Waals surface area contributed by atoms with Gasteiger partial charge >= 0.3 is 5.97 Å². The second-order valence-electron chi connectivity index (χ2n) is 4.43. The van der Waals surface area contributed by atoms with E-state index in [0.29, 0.717) is 22.4 Å². The van der Waals surface area contributed by atoms with Crippen LogP contribution in [0, 0.1) is 6.92 Å². The largest absolute Gasteiger partial charge is 0.478 e. The summed E-state index contributed by atoms with van der Waals surface area (Å²) in [4.78, 5) is 15.9. The second kappa shape index (κ2) is 4.76. The number of carbonyl (C=O) groups is 1. The van der Waals surface area contributed by atoms with Crippen molar-refractivity contribution in [2.24, 2.45) is 0 Å². The Balaban J connectivity index is 2.32. The van der Waals surface area contributed by atoms with Gasteiger partial charge in [0.15, 0.2) is 5.76 Å². The van der Waals surface area contributed by atoms with Crippen molar-refractivity contribution in [3.8, 4) is 11.5 Å². The van der Waals surface area contributed by atoms with Crippen LogP contribution < -0.4 is 0 Å². The van der Waals surface area contributed by atoms with E-state index in [2.05, 4.69) is 20.9 Å². The first-order valence-corrected chi connectivity index (χ1v) is 6.74. The number of furan rings is 1. The third kappa shape index (κ3) is 2.20. The number of aromatic carboxylic acids is 1. The van der Waals surface area contributed by atoms with E-state index < -0.39 is 5.97 Å². The Bertz CT molecular complexity index is 823. The number of hydrogen-bond acceptors (Lipinski definition) is 3. The third-order valence-corrected chi connectivity index (χ3v) is 3.49. The highest BCUT2D eigenvalue weighted by molar-refractivity contribution is 9.10. The van der Waals surface area contributed by atoms with Crippen LogP contribution in [0.25, 0.3) is 22.4 Å². The molecule has 4 nitrogen and oxygen atoms in total. The van der Waals surface area contributed by atoms with Crippen molar-refractivity contribution in [1.29, 1.82) is 0 Å². The van der Waals surface area contributed by atoms with Crippen molar-refractivity contribution in [3.63, 3.8) is 0 Å². The Hall–Kier alpha value is -2.14. The Morgan fingerprint density at radius 1 is 1.25 bits per heavy atom. The summed E-state index contributed by atoms with van der Waals surface area (Å²) in [5.74, 6) is 0.337. The average Bonchev–Trinajstić information content (AvgIpc) is 2.83. The normalized spacial score (nSPS) is 10.9. The molecule has 0 radical (unpaired) electrons. The van der Waals surface area contributed by atoms with Crippen LogP contribution in [0.4, 0.5) is 0 Å². The quantitative estimate of drug-likeness (QED) is 0.761. The summed E-state index contributed by atoms with van der Waals surface area (Å²) in [6.07, 6.45) is 0. The Morgan fingerprint density at radius 2 is 2.05 bits per heavy atom. The summed E-state index contributed by atoms with van der Waals surface area (Å²) in [6, 6.07) is 10.5. The molecule has 0 saturated carbocycles. The van der Waals surface area contributed by atoms with Gasteiger partial charge in [0.05, 0.1) is 11.1 Å². The lowest BCUT2D eigenvalue weighted by atomic mass is 10.1.